The van der Waals surface area contributed by atoms with E-state index in [9.17, 15) is 4.79 Å². The largest absolute Gasteiger partial charge is 0.466 e. The Balaban J connectivity index is 2.12. The summed E-state index contributed by atoms with van der Waals surface area (Å²) in [6, 6.07) is 12.0. The monoisotopic (exact) mass is 265 g/mol. The molecule has 1 aromatic heterocycles. The number of rotatable bonds is 4. The van der Waals surface area contributed by atoms with E-state index in [1.54, 1.807) is 18.5 Å². The Morgan fingerprint density at radius 3 is 2.35 bits per heavy atom. The Morgan fingerprint density at radius 1 is 1.00 bits per heavy atom. The lowest BCUT2D eigenvalue weighted by Crippen LogP contribution is -1.93. The zero-order valence-electron chi connectivity index (χ0n) is 11.2. The molecule has 1 heterocycles. The van der Waals surface area contributed by atoms with Gasteiger partial charge in [0.05, 0.1) is 7.11 Å². The predicted molar refractivity (Wildman–Crippen MR) is 80.7 cm³/mol. The summed E-state index contributed by atoms with van der Waals surface area (Å²) in [6.45, 7) is 0. The number of nitrogens with zero attached hydrogens (tertiary/aromatic N) is 1. The SMILES string of the molecule is COC(=O)/C=C/c1cncc(/C=C/c2ccccc2)c1. The number of hydrogen-bond acceptors (Lipinski definition) is 3. The molecule has 20 heavy (non-hydrogen) atoms. The van der Waals surface area contributed by atoms with Crippen molar-refractivity contribution in [3.63, 3.8) is 0 Å². The lowest BCUT2D eigenvalue weighted by molar-refractivity contribution is -0.134. The summed E-state index contributed by atoms with van der Waals surface area (Å²) < 4.78 is 4.55. The number of hydrogen-bond donors (Lipinski definition) is 0. The third-order valence-corrected chi connectivity index (χ3v) is 2.66. The highest BCUT2D eigenvalue weighted by Crippen LogP contribution is 2.10. The van der Waals surface area contributed by atoms with Crippen LogP contribution in [0.1, 0.15) is 16.7 Å². The predicted octanol–water partition coefficient (Wildman–Crippen LogP) is 3.44. The highest BCUT2D eigenvalue weighted by atomic mass is 16.5. The second-order valence-corrected chi connectivity index (χ2v) is 4.15. The summed E-state index contributed by atoms with van der Waals surface area (Å²) in [6.07, 6.45) is 10.5. The minimum absolute atomic E-state index is 0.379. The number of benzene rings is 1. The number of pyridine rings is 1. The molecule has 2 aromatic rings. The van der Waals surface area contributed by atoms with Crippen LogP contribution in [0.15, 0.2) is 54.9 Å². The smallest absolute Gasteiger partial charge is 0.330 e. The van der Waals surface area contributed by atoms with E-state index in [0.717, 1.165) is 16.7 Å². The van der Waals surface area contributed by atoms with Crippen molar-refractivity contribution in [2.45, 2.75) is 0 Å². The van der Waals surface area contributed by atoms with Crippen LogP contribution in [0.4, 0.5) is 0 Å². The minimum Gasteiger partial charge on any atom is -0.466 e. The maximum Gasteiger partial charge on any atom is 0.330 e. The van der Waals surface area contributed by atoms with E-state index in [-0.39, 0.29) is 5.97 Å². The van der Waals surface area contributed by atoms with Gasteiger partial charge in [-0.3, -0.25) is 4.98 Å². The van der Waals surface area contributed by atoms with Gasteiger partial charge < -0.3 is 4.74 Å². The van der Waals surface area contributed by atoms with Gasteiger partial charge in [-0.1, -0.05) is 42.5 Å². The van der Waals surface area contributed by atoms with Gasteiger partial charge in [-0.15, -0.1) is 0 Å². The average molecular weight is 265 g/mol. The van der Waals surface area contributed by atoms with Crippen LogP contribution in [0.5, 0.6) is 0 Å². The first-order chi connectivity index (χ1) is 9.78. The van der Waals surface area contributed by atoms with Crippen molar-refractivity contribution in [2.75, 3.05) is 7.11 Å². The lowest BCUT2D eigenvalue weighted by Gasteiger charge is -1.97. The molecule has 2 rings (SSSR count). The Bertz CT molecular complexity index is 630. The fraction of sp³-hybridized carbons (Fsp3) is 0.0588. The highest BCUT2D eigenvalue weighted by molar-refractivity contribution is 5.87. The summed E-state index contributed by atoms with van der Waals surface area (Å²) in [5.74, 6) is -0.379. The quantitative estimate of drug-likeness (QED) is 0.628. The molecule has 0 amide bonds. The fourth-order valence-electron chi connectivity index (χ4n) is 1.65. The number of carbonyl (C=O) groups excluding carboxylic acids is 1. The molecule has 100 valence electrons. The second kappa shape index (κ2) is 7.04. The maximum atomic E-state index is 11.0. The maximum absolute atomic E-state index is 11.0. The molecule has 0 bridgehead atoms. The van der Waals surface area contributed by atoms with Gasteiger partial charge in [0.15, 0.2) is 0 Å². The first-order valence-electron chi connectivity index (χ1n) is 6.22. The molecule has 0 unspecified atom stereocenters. The van der Waals surface area contributed by atoms with E-state index in [4.69, 9.17) is 0 Å². The highest BCUT2D eigenvalue weighted by Gasteiger charge is 1.94. The zero-order valence-corrected chi connectivity index (χ0v) is 11.2. The lowest BCUT2D eigenvalue weighted by atomic mass is 10.1. The van der Waals surface area contributed by atoms with Gasteiger partial charge in [0.1, 0.15) is 0 Å². The Kier molecular flexibility index (Phi) is 4.84. The molecule has 0 radical (unpaired) electrons. The molecule has 0 spiro atoms. The van der Waals surface area contributed by atoms with Gasteiger partial charge in [0.25, 0.3) is 0 Å². The molecule has 0 N–H and O–H groups in total. The summed E-state index contributed by atoms with van der Waals surface area (Å²) in [5.41, 5.74) is 2.95. The zero-order chi connectivity index (χ0) is 14.2. The third kappa shape index (κ3) is 4.21. The standard InChI is InChI=1S/C17H15NO2/c1-20-17(19)10-9-16-11-15(12-18-13-16)8-7-14-5-3-2-4-6-14/h2-13H,1H3/b8-7+,10-9+. The molecule has 0 aliphatic carbocycles. The van der Waals surface area contributed by atoms with Crippen molar-refractivity contribution in [3.8, 4) is 0 Å². The van der Waals surface area contributed by atoms with Crippen molar-refractivity contribution in [2.24, 2.45) is 0 Å². The number of carbonyl (C=O) groups is 1. The number of esters is 1. The van der Waals surface area contributed by atoms with E-state index in [1.165, 1.54) is 13.2 Å². The average Bonchev–Trinajstić information content (AvgIpc) is 2.52. The Morgan fingerprint density at radius 2 is 1.65 bits per heavy atom. The normalized spacial score (nSPS) is 11.1. The summed E-state index contributed by atoms with van der Waals surface area (Å²) in [4.78, 5) is 15.2. The Labute approximate surface area is 118 Å². The first-order valence-corrected chi connectivity index (χ1v) is 6.22. The molecular formula is C17H15NO2. The minimum atomic E-state index is -0.379. The first kappa shape index (κ1) is 13.7. The summed E-state index contributed by atoms with van der Waals surface area (Å²) >= 11 is 0. The van der Waals surface area contributed by atoms with Crippen LogP contribution in [0.2, 0.25) is 0 Å². The van der Waals surface area contributed by atoms with Gasteiger partial charge in [-0.25, -0.2) is 4.79 Å². The molecule has 0 aliphatic heterocycles. The van der Waals surface area contributed by atoms with Crippen LogP contribution in [-0.4, -0.2) is 18.1 Å². The molecule has 0 saturated carbocycles. The Hall–Kier alpha value is -2.68. The molecule has 3 heteroatoms. The fourth-order valence-corrected chi connectivity index (χ4v) is 1.65. The van der Waals surface area contributed by atoms with E-state index in [1.807, 2.05) is 48.6 Å². The molecule has 0 aliphatic rings. The van der Waals surface area contributed by atoms with E-state index in [0.29, 0.717) is 0 Å². The topological polar surface area (TPSA) is 39.2 Å². The van der Waals surface area contributed by atoms with E-state index < -0.39 is 0 Å². The molecule has 0 atom stereocenters. The van der Waals surface area contributed by atoms with E-state index >= 15 is 0 Å². The van der Waals surface area contributed by atoms with E-state index in [2.05, 4.69) is 9.72 Å². The summed E-state index contributed by atoms with van der Waals surface area (Å²) in [5, 5.41) is 0. The van der Waals surface area contributed by atoms with Gasteiger partial charge in [-0.2, -0.15) is 0 Å². The van der Waals surface area contributed by atoms with Crippen LogP contribution in [0, 0.1) is 0 Å². The van der Waals surface area contributed by atoms with Crippen LogP contribution in [-0.2, 0) is 9.53 Å². The summed E-state index contributed by atoms with van der Waals surface area (Å²) in [7, 11) is 1.35. The van der Waals surface area contributed by atoms with Crippen LogP contribution < -0.4 is 0 Å². The number of aromatic nitrogens is 1. The van der Waals surface area contributed by atoms with Gasteiger partial charge in [0, 0.05) is 18.5 Å². The van der Waals surface area contributed by atoms with Crippen molar-refractivity contribution in [1.82, 2.24) is 4.98 Å². The third-order valence-electron chi connectivity index (χ3n) is 2.66. The molecule has 1 aromatic carbocycles. The van der Waals surface area contributed by atoms with Crippen LogP contribution in [0.25, 0.3) is 18.2 Å². The number of methoxy groups -OCH3 is 1. The van der Waals surface area contributed by atoms with Crippen molar-refractivity contribution in [3.05, 3.63) is 71.6 Å². The van der Waals surface area contributed by atoms with Gasteiger partial charge >= 0.3 is 5.97 Å². The van der Waals surface area contributed by atoms with Crippen LogP contribution >= 0.6 is 0 Å². The molecular weight excluding hydrogens is 250 g/mol. The van der Waals surface area contributed by atoms with Crippen molar-refractivity contribution in [1.29, 1.82) is 0 Å². The van der Waals surface area contributed by atoms with Crippen molar-refractivity contribution < 1.29 is 9.53 Å². The van der Waals surface area contributed by atoms with Gasteiger partial charge in [-0.05, 0) is 28.8 Å². The molecule has 3 nitrogen and oxygen atoms in total. The molecule has 0 fully saturated rings. The van der Waals surface area contributed by atoms with Gasteiger partial charge in [0.2, 0.25) is 0 Å². The van der Waals surface area contributed by atoms with Crippen LogP contribution in [0.3, 0.4) is 0 Å². The second-order valence-electron chi connectivity index (χ2n) is 4.15. The van der Waals surface area contributed by atoms with Crippen molar-refractivity contribution >= 4 is 24.2 Å². The molecule has 0 saturated heterocycles. The number of ether oxygens (including phenoxy) is 1.